The number of fused-ring (bicyclic) bond motifs is 1. The van der Waals surface area contributed by atoms with Crippen molar-refractivity contribution in [1.82, 2.24) is 14.3 Å². The zero-order chi connectivity index (χ0) is 22.9. The Morgan fingerprint density at radius 1 is 1.27 bits per heavy atom. The van der Waals surface area contributed by atoms with Crippen LogP contribution in [0.4, 0.5) is 5.82 Å². The van der Waals surface area contributed by atoms with E-state index in [1.54, 1.807) is 0 Å². The molecule has 5 heterocycles. The fourth-order valence-corrected chi connectivity index (χ4v) is 6.79. The molecule has 3 aliphatic rings. The van der Waals surface area contributed by atoms with Crippen LogP contribution in [0.5, 0.6) is 0 Å². The molecular formula is C25H28N4O3S. The molecule has 1 fully saturated rings. The van der Waals surface area contributed by atoms with Gasteiger partial charge in [0.25, 0.3) is 11.1 Å². The van der Waals surface area contributed by atoms with Gasteiger partial charge in [0.2, 0.25) is 0 Å². The highest BCUT2D eigenvalue weighted by Crippen LogP contribution is 2.45. The van der Waals surface area contributed by atoms with Gasteiger partial charge in [-0.25, -0.2) is 4.99 Å². The fraction of sp³-hybridized carbons (Fsp3) is 0.480. The zero-order valence-corrected chi connectivity index (χ0v) is 20.0. The summed E-state index contributed by atoms with van der Waals surface area (Å²) in [7, 11) is 0. The van der Waals surface area contributed by atoms with E-state index in [9.17, 15) is 9.59 Å². The maximum atomic E-state index is 13.7. The highest BCUT2D eigenvalue weighted by Gasteiger charge is 2.37. The first-order valence-corrected chi connectivity index (χ1v) is 12.6. The van der Waals surface area contributed by atoms with E-state index in [2.05, 4.69) is 37.1 Å². The van der Waals surface area contributed by atoms with Crippen LogP contribution in [0.2, 0.25) is 0 Å². The lowest BCUT2D eigenvalue weighted by atomic mass is 9.94. The number of benzene rings is 1. The zero-order valence-electron chi connectivity index (χ0n) is 19.2. The number of aromatic amines is 1. The molecule has 0 radical (unpaired) electrons. The summed E-state index contributed by atoms with van der Waals surface area (Å²) in [6.45, 7) is 7.47. The van der Waals surface area contributed by atoms with Crippen LogP contribution in [0.3, 0.4) is 0 Å². The van der Waals surface area contributed by atoms with Crippen LogP contribution in [-0.4, -0.2) is 31.6 Å². The second kappa shape index (κ2) is 7.46. The van der Waals surface area contributed by atoms with Gasteiger partial charge in [-0.1, -0.05) is 30.0 Å². The molecule has 3 aromatic rings. The first-order chi connectivity index (χ1) is 15.8. The Labute approximate surface area is 195 Å². The minimum absolute atomic E-state index is 0.00662. The molecule has 6 rings (SSSR count). The monoisotopic (exact) mass is 464 g/mol. The molecule has 33 heavy (non-hydrogen) atoms. The molecule has 3 aliphatic heterocycles. The summed E-state index contributed by atoms with van der Waals surface area (Å²) in [5.74, 6) is 0.663. The minimum atomic E-state index is -0.374. The fourth-order valence-electron chi connectivity index (χ4n) is 5.69. The first kappa shape index (κ1) is 21.0. The Morgan fingerprint density at radius 2 is 2.12 bits per heavy atom. The van der Waals surface area contributed by atoms with Gasteiger partial charge >= 0.3 is 0 Å². The van der Waals surface area contributed by atoms with Crippen molar-refractivity contribution in [3.63, 3.8) is 0 Å². The number of aryl methyl sites for hydroxylation is 2. The highest BCUT2D eigenvalue weighted by molar-refractivity contribution is 8.14. The Kier molecular flexibility index (Phi) is 4.75. The molecule has 0 amide bonds. The Balaban J connectivity index is 1.53. The van der Waals surface area contributed by atoms with E-state index in [1.165, 1.54) is 17.3 Å². The molecule has 1 N–H and O–H groups in total. The molecule has 172 valence electrons. The van der Waals surface area contributed by atoms with Crippen molar-refractivity contribution in [2.24, 2.45) is 4.99 Å². The summed E-state index contributed by atoms with van der Waals surface area (Å²) < 4.78 is 9.73. The molecule has 2 atom stereocenters. The van der Waals surface area contributed by atoms with Crippen LogP contribution in [0, 0.1) is 0 Å². The molecule has 1 aromatic carbocycles. The van der Waals surface area contributed by atoms with Gasteiger partial charge in [-0.15, -0.1) is 0 Å². The third kappa shape index (κ3) is 3.34. The molecule has 0 bridgehead atoms. The van der Waals surface area contributed by atoms with E-state index >= 15 is 0 Å². The van der Waals surface area contributed by atoms with Crippen LogP contribution in [0.15, 0.2) is 38.8 Å². The standard InChI is InChI=1S/C25H28N4O3S/c1-14-26-22-19(23(30)27-29(22)17-9-11-32-25(2,3)13-17)21(33-14)18-12-16-7-4-6-15-8-5-10-28(20(15)16)24(18)31/h4,6-7,12,17,21H,5,8-11,13H2,1-3H3,(H,27,30)/t17-,21-/m1/s1. The van der Waals surface area contributed by atoms with E-state index < -0.39 is 0 Å². The number of nitrogens with one attached hydrogen (secondary N) is 1. The molecule has 0 aliphatic carbocycles. The van der Waals surface area contributed by atoms with Crippen LogP contribution in [0.25, 0.3) is 10.9 Å². The summed E-state index contributed by atoms with van der Waals surface area (Å²) in [5.41, 5.74) is 3.12. The predicted octanol–water partition coefficient (Wildman–Crippen LogP) is 4.45. The maximum Gasteiger partial charge on any atom is 0.271 e. The highest BCUT2D eigenvalue weighted by atomic mass is 32.2. The average Bonchev–Trinajstić information content (AvgIpc) is 3.11. The van der Waals surface area contributed by atoms with Crippen LogP contribution in [-0.2, 0) is 17.7 Å². The average molecular weight is 465 g/mol. The van der Waals surface area contributed by atoms with Gasteiger partial charge < -0.3 is 9.30 Å². The summed E-state index contributed by atoms with van der Waals surface area (Å²) in [6, 6.07) is 8.34. The quantitative estimate of drug-likeness (QED) is 0.607. The summed E-state index contributed by atoms with van der Waals surface area (Å²) in [5, 5.41) is 4.61. The summed E-state index contributed by atoms with van der Waals surface area (Å²) >= 11 is 1.50. The lowest BCUT2D eigenvalue weighted by Gasteiger charge is -2.36. The van der Waals surface area contributed by atoms with Gasteiger partial charge in [0.1, 0.15) is 0 Å². The number of pyridine rings is 1. The second-order valence-electron chi connectivity index (χ2n) is 9.95. The number of thioether (sulfide) groups is 1. The number of aromatic nitrogens is 3. The van der Waals surface area contributed by atoms with Gasteiger partial charge in [-0.05, 0) is 63.5 Å². The number of nitrogens with zero attached hydrogens (tertiary/aromatic N) is 3. The van der Waals surface area contributed by atoms with Gasteiger partial charge in [-0.3, -0.25) is 19.4 Å². The molecule has 1 saturated heterocycles. The molecule has 0 saturated carbocycles. The summed E-state index contributed by atoms with van der Waals surface area (Å²) in [6.07, 6.45) is 3.56. The van der Waals surface area contributed by atoms with Crippen LogP contribution >= 0.6 is 11.8 Å². The maximum absolute atomic E-state index is 13.7. The molecule has 0 spiro atoms. The van der Waals surface area contributed by atoms with Crippen molar-refractivity contribution in [2.45, 2.75) is 69.9 Å². The normalized spacial score (nSPS) is 23.9. The molecule has 8 heteroatoms. The number of H-pyrrole nitrogens is 1. The number of hydrogen-bond acceptors (Lipinski definition) is 5. The number of hydrogen-bond donors (Lipinski definition) is 1. The molecule has 2 aromatic heterocycles. The van der Waals surface area contributed by atoms with Crippen LogP contribution in [0.1, 0.15) is 68.0 Å². The van der Waals surface area contributed by atoms with E-state index in [0.717, 1.165) is 41.6 Å². The van der Waals surface area contributed by atoms with Crippen molar-refractivity contribution >= 4 is 33.5 Å². The minimum Gasteiger partial charge on any atom is -0.375 e. The van der Waals surface area contributed by atoms with Crippen molar-refractivity contribution < 1.29 is 4.74 Å². The van der Waals surface area contributed by atoms with Crippen molar-refractivity contribution in [3.8, 4) is 0 Å². The second-order valence-corrected chi connectivity index (χ2v) is 11.2. The van der Waals surface area contributed by atoms with Crippen LogP contribution < -0.4 is 11.1 Å². The van der Waals surface area contributed by atoms with Gasteiger partial charge in [0, 0.05) is 18.7 Å². The third-order valence-electron chi connectivity index (χ3n) is 7.12. The largest absolute Gasteiger partial charge is 0.375 e. The number of aliphatic imine (C=N–C) groups is 1. The topological polar surface area (TPSA) is 81.4 Å². The first-order valence-electron chi connectivity index (χ1n) is 11.7. The molecular weight excluding hydrogens is 436 g/mol. The lowest BCUT2D eigenvalue weighted by molar-refractivity contribution is -0.0705. The number of ether oxygens (including phenoxy) is 1. The lowest BCUT2D eigenvalue weighted by Crippen LogP contribution is -2.35. The number of para-hydroxylation sites is 1. The van der Waals surface area contributed by atoms with Crippen molar-refractivity contribution in [3.05, 3.63) is 61.7 Å². The number of rotatable bonds is 2. The SMILES string of the molecule is CC1=Nc2c(c(=O)[nH]n2[C@@H]2CCOC(C)(C)C2)[C@@H](c2cc3cccc4c3n(c2=O)CCC4)S1. The van der Waals surface area contributed by atoms with Gasteiger partial charge in [0.15, 0.2) is 5.82 Å². The molecule has 0 unspecified atom stereocenters. The summed E-state index contributed by atoms with van der Waals surface area (Å²) in [4.78, 5) is 31.8. The predicted molar refractivity (Wildman–Crippen MR) is 132 cm³/mol. The van der Waals surface area contributed by atoms with Crippen molar-refractivity contribution in [2.75, 3.05) is 6.61 Å². The Hall–Kier alpha value is -2.58. The van der Waals surface area contributed by atoms with Crippen molar-refractivity contribution in [1.29, 1.82) is 0 Å². The van der Waals surface area contributed by atoms with Gasteiger partial charge in [0.05, 0.1) is 33.0 Å². The van der Waals surface area contributed by atoms with E-state index in [1.807, 2.05) is 22.2 Å². The van der Waals surface area contributed by atoms with E-state index in [0.29, 0.717) is 30.1 Å². The van der Waals surface area contributed by atoms with E-state index in [4.69, 9.17) is 9.73 Å². The smallest absolute Gasteiger partial charge is 0.271 e. The molecule has 7 nitrogen and oxygen atoms in total. The Morgan fingerprint density at radius 3 is 2.94 bits per heavy atom. The third-order valence-corrected chi connectivity index (χ3v) is 8.28. The van der Waals surface area contributed by atoms with Gasteiger partial charge in [-0.2, -0.15) is 0 Å². The van der Waals surface area contributed by atoms with E-state index in [-0.39, 0.29) is 28.0 Å². The Bertz CT molecular complexity index is 1430.